The van der Waals surface area contributed by atoms with Crippen molar-refractivity contribution in [1.29, 1.82) is 0 Å². The lowest BCUT2D eigenvalue weighted by atomic mass is 10.0. The molecule has 0 bridgehead atoms. The van der Waals surface area contributed by atoms with Gasteiger partial charge in [0.15, 0.2) is 0 Å². The Hall–Kier alpha value is -1.69. The van der Waals surface area contributed by atoms with Gasteiger partial charge in [-0.1, -0.05) is 0 Å². The van der Waals surface area contributed by atoms with Crippen molar-refractivity contribution >= 4 is 12.3 Å². The van der Waals surface area contributed by atoms with Gasteiger partial charge in [-0.3, -0.25) is 0 Å². The number of halogens is 1. The molecule has 0 saturated carbocycles. The molecule has 0 aliphatic carbocycles. The molecule has 11 heteroatoms. The Kier molecular flexibility index (Phi) is 8.47. The lowest BCUT2D eigenvalue weighted by molar-refractivity contribution is -0.119. The quantitative estimate of drug-likeness (QED) is 0.176. The predicted molar refractivity (Wildman–Crippen MR) is 62.0 cm³/mol. The number of nitroso groups, excluding NO2 is 1. The van der Waals surface area contributed by atoms with E-state index in [1.165, 1.54) is 0 Å². The summed E-state index contributed by atoms with van der Waals surface area (Å²) in [5.41, 5.74) is 0. The Balaban J connectivity index is 4.72. The Morgan fingerprint density at radius 2 is 1.95 bits per heavy atom. The number of nitrogens with zero attached hydrogens (tertiary/aromatic N) is 2. The van der Waals surface area contributed by atoms with Crippen molar-refractivity contribution in [3.63, 3.8) is 0 Å². The van der Waals surface area contributed by atoms with Gasteiger partial charge in [0.1, 0.15) is 37.3 Å². The third-order valence-electron chi connectivity index (χ3n) is 2.37. The molecule has 0 fully saturated rings. The third kappa shape index (κ3) is 5.13. The summed E-state index contributed by atoms with van der Waals surface area (Å²) in [5.74, 6) is 0. The fraction of sp³-hybridized carbons (Fsp3) is 0.778. The van der Waals surface area contributed by atoms with E-state index in [-0.39, 0.29) is 11.3 Å². The maximum atomic E-state index is 12.0. The molecule has 2 amide bonds. The topological polar surface area (TPSA) is 160 Å². The molecule has 0 rings (SSSR count). The van der Waals surface area contributed by atoms with Gasteiger partial charge in [-0.25, -0.2) is 9.18 Å². The predicted octanol–water partition coefficient (Wildman–Crippen LogP) is -2.71. The number of urea groups is 1. The molecular weight excluding hydrogens is 281 g/mol. The summed E-state index contributed by atoms with van der Waals surface area (Å²) in [6, 6.07) is -2.96. The summed E-state index contributed by atoms with van der Waals surface area (Å²) in [6.07, 6.45) is -5.57. The molecule has 0 aromatic carbocycles. The zero-order chi connectivity index (χ0) is 15.7. The van der Waals surface area contributed by atoms with E-state index >= 15 is 0 Å². The van der Waals surface area contributed by atoms with Crippen LogP contribution >= 0.6 is 0 Å². The van der Waals surface area contributed by atoms with Gasteiger partial charge in [0.25, 0.3) is 0 Å². The molecular formula is C9H16FN3O7. The van der Waals surface area contributed by atoms with E-state index in [4.69, 9.17) is 10.2 Å². The molecule has 5 N–H and O–H groups in total. The average molecular weight is 297 g/mol. The molecule has 4 atom stereocenters. The van der Waals surface area contributed by atoms with E-state index in [9.17, 15) is 29.1 Å². The number of aliphatic hydroxyl groups is 4. The van der Waals surface area contributed by atoms with E-state index in [0.29, 0.717) is 0 Å². The Labute approximate surface area is 112 Å². The molecule has 0 aliphatic rings. The highest BCUT2D eigenvalue weighted by atomic mass is 19.1. The molecule has 0 aliphatic heterocycles. The monoisotopic (exact) mass is 297 g/mol. The van der Waals surface area contributed by atoms with Gasteiger partial charge < -0.3 is 30.5 Å². The van der Waals surface area contributed by atoms with Gasteiger partial charge in [0.2, 0.25) is 0 Å². The normalized spacial score (nSPS) is 16.6. The number of amides is 2. The smallest absolute Gasteiger partial charge is 0.341 e. The van der Waals surface area contributed by atoms with Crippen molar-refractivity contribution < 1.29 is 34.4 Å². The van der Waals surface area contributed by atoms with Crippen molar-refractivity contribution in [1.82, 2.24) is 10.3 Å². The molecule has 0 unspecified atom stereocenters. The second-order valence-corrected chi connectivity index (χ2v) is 3.74. The van der Waals surface area contributed by atoms with Crippen LogP contribution in [-0.2, 0) is 4.79 Å². The van der Waals surface area contributed by atoms with Crippen LogP contribution < -0.4 is 5.32 Å². The van der Waals surface area contributed by atoms with Crippen molar-refractivity contribution in [3.05, 3.63) is 4.91 Å². The standard InChI is InChI=1S/C9H16FN3O7/c10-1-2-13(12-20)9(19)11-5(3-14)7(17)8(18)6(16)4-15/h3,5-8,15-18H,1-2,4H2,(H,11,19)/t5-,6-,7-,8-/m1/s1. The lowest BCUT2D eigenvalue weighted by Gasteiger charge is -2.26. The minimum Gasteiger partial charge on any atom is -0.394 e. The number of carbonyl (C=O) groups is 2. The number of hydrogen-bond donors (Lipinski definition) is 5. The number of alkyl halides is 1. The first-order valence-electron chi connectivity index (χ1n) is 5.50. The lowest BCUT2D eigenvalue weighted by Crippen LogP contribution is -2.55. The molecule has 0 saturated heterocycles. The minimum atomic E-state index is -1.95. The summed E-state index contributed by atoms with van der Waals surface area (Å²) in [4.78, 5) is 32.4. The van der Waals surface area contributed by atoms with Crippen LogP contribution in [0.1, 0.15) is 0 Å². The molecule has 20 heavy (non-hydrogen) atoms. The molecule has 116 valence electrons. The van der Waals surface area contributed by atoms with E-state index in [1.807, 2.05) is 5.32 Å². The van der Waals surface area contributed by atoms with Crippen LogP contribution in [0, 0.1) is 4.91 Å². The van der Waals surface area contributed by atoms with Crippen LogP contribution in [-0.4, -0.2) is 81.9 Å². The van der Waals surface area contributed by atoms with E-state index in [2.05, 4.69) is 5.29 Å². The zero-order valence-corrected chi connectivity index (χ0v) is 10.3. The molecule has 0 heterocycles. The second-order valence-electron chi connectivity index (χ2n) is 3.74. The maximum Gasteiger partial charge on any atom is 0.341 e. The summed E-state index contributed by atoms with van der Waals surface area (Å²) in [5, 5.41) is 40.8. The van der Waals surface area contributed by atoms with Crippen molar-refractivity contribution in [3.8, 4) is 0 Å². The van der Waals surface area contributed by atoms with Gasteiger partial charge >= 0.3 is 6.03 Å². The van der Waals surface area contributed by atoms with Crippen molar-refractivity contribution in [2.75, 3.05) is 19.8 Å². The summed E-state index contributed by atoms with van der Waals surface area (Å²) >= 11 is 0. The highest BCUT2D eigenvalue weighted by Crippen LogP contribution is 2.05. The van der Waals surface area contributed by atoms with Gasteiger partial charge in [-0.2, -0.15) is 5.01 Å². The van der Waals surface area contributed by atoms with Gasteiger partial charge in [0, 0.05) is 0 Å². The molecule has 0 aromatic heterocycles. The highest BCUT2D eigenvalue weighted by molar-refractivity contribution is 5.78. The zero-order valence-electron chi connectivity index (χ0n) is 10.3. The minimum absolute atomic E-state index is 0.0360. The fourth-order valence-corrected chi connectivity index (χ4v) is 1.22. The third-order valence-corrected chi connectivity index (χ3v) is 2.37. The highest BCUT2D eigenvalue weighted by Gasteiger charge is 2.33. The van der Waals surface area contributed by atoms with Crippen molar-refractivity contribution in [2.24, 2.45) is 5.29 Å². The first-order valence-corrected chi connectivity index (χ1v) is 5.50. The largest absolute Gasteiger partial charge is 0.394 e. The summed E-state index contributed by atoms with van der Waals surface area (Å²) < 4.78 is 12.0. The number of aliphatic hydroxyl groups excluding tert-OH is 4. The first kappa shape index (κ1) is 18.3. The number of carbonyl (C=O) groups excluding carboxylic acids is 2. The summed E-state index contributed by atoms with van der Waals surface area (Å²) in [7, 11) is 0. The van der Waals surface area contributed by atoms with Gasteiger partial charge in [-0.05, 0) is 0 Å². The number of aldehydes is 1. The Morgan fingerprint density at radius 1 is 1.35 bits per heavy atom. The van der Waals surface area contributed by atoms with Gasteiger partial charge in [0.05, 0.1) is 18.4 Å². The van der Waals surface area contributed by atoms with Crippen LogP contribution in [0.15, 0.2) is 5.29 Å². The number of hydrogen-bond acceptors (Lipinski definition) is 8. The van der Waals surface area contributed by atoms with E-state index in [1.54, 1.807) is 0 Å². The second kappa shape index (κ2) is 9.25. The van der Waals surface area contributed by atoms with Crippen LogP contribution in [0.4, 0.5) is 9.18 Å². The first-order chi connectivity index (χ1) is 9.42. The summed E-state index contributed by atoms with van der Waals surface area (Å²) in [6.45, 7) is -2.60. The number of rotatable bonds is 9. The van der Waals surface area contributed by atoms with Crippen LogP contribution in [0.3, 0.4) is 0 Å². The molecule has 0 aromatic rings. The molecule has 0 spiro atoms. The maximum absolute atomic E-state index is 12.0. The van der Waals surface area contributed by atoms with Crippen molar-refractivity contribution in [2.45, 2.75) is 24.4 Å². The van der Waals surface area contributed by atoms with E-state index in [0.717, 1.165) is 0 Å². The molecule has 10 nitrogen and oxygen atoms in total. The van der Waals surface area contributed by atoms with Crippen LogP contribution in [0.5, 0.6) is 0 Å². The van der Waals surface area contributed by atoms with Crippen LogP contribution in [0.2, 0.25) is 0 Å². The molecule has 0 radical (unpaired) electrons. The van der Waals surface area contributed by atoms with E-state index < -0.39 is 50.2 Å². The average Bonchev–Trinajstić information content (AvgIpc) is 2.47. The SMILES string of the molecule is O=C[C@@H](NC(=O)N(CCF)N=O)[C@@H](O)[C@H](O)[C@H](O)CO. The number of nitrogens with one attached hydrogen (secondary N) is 1. The fourth-order valence-electron chi connectivity index (χ4n) is 1.22. The van der Waals surface area contributed by atoms with Crippen LogP contribution in [0.25, 0.3) is 0 Å². The van der Waals surface area contributed by atoms with Gasteiger partial charge in [-0.15, -0.1) is 4.91 Å². The Bertz CT molecular complexity index is 333. The Morgan fingerprint density at radius 3 is 2.35 bits per heavy atom.